The number of nitrogens with two attached hydrogens (primary N) is 1. The predicted octanol–water partition coefficient (Wildman–Crippen LogP) is -3.74. The number of aliphatic hydroxyl groups is 3. The molecule has 0 saturated carbocycles. The van der Waals surface area contributed by atoms with Gasteiger partial charge >= 0.3 is 0 Å². The Morgan fingerprint density at radius 2 is 1.75 bits per heavy atom. The molecule has 0 heterocycles. The van der Waals surface area contributed by atoms with Gasteiger partial charge in [-0.3, -0.25) is 9.59 Å². The summed E-state index contributed by atoms with van der Waals surface area (Å²) >= 11 is 0. The Hall–Kier alpha value is -1.51. The molecule has 0 aromatic heterocycles. The number of hydrogen-bond acceptors (Lipinski definition) is 6. The van der Waals surface area contributed by atoms with Gasteiger partial charge in [0, 0.05) is 6.92 Å². The van der Waals surface area contributed by atoms with Crippen molar-refractivity contribution < 1.29 is 29.7 Å². The molecule has 0 aliphatic rings. The average Bonchev–Trinajstić information content (AvgIpc) is 2.22. The minimum Gasteiger partial charge on any atom is -0.388 e. The average molecular weight is 234 g/mol. The van der Waals surface area contributed by atoms with Crippen LogP contribution in [0.3, 0.4) is 0 Å². The van der Waals surface area contributed by atoms with E-state index in [1.807, 2.05) is 5.32 Å². The molecule has 0 spiro atoms. The number of hydrogen-bond donors (Lipinski definition) is 5. The number of aldehydes is 1. The van der Waals surface area contributed by atoms with Gasteiger partial charge in [0.15, 0.2) is 6.10 Å². The highest BCUT2D eigenvalue weighted by Gasteiger charge is 2.34. The Balaban J connectivity index is 4.60. The van der Waals surface area contributed by atoms with E-state index in [1.54, 1.807) is 0 Å². The van der Waals surface area contributed by atoms with E-state index in [0.717, 1.165) is 6.92 Å². The van der Waals surface area contributed by atoms with Crippen LogP contribution in [-0.2, 0) is 14.4 Å². The number of aliphatic hydroxyl groups excluding tert-OH is 3. The fraction of sp³-hybridized carbons (Fsp3) is 0.625. The van der Waals surface area contributed by atoms with Crippen molar-refractivity contribution in [2.45, 2.75) is 31.3 Å². The maximum Gasteiger partial charge on any atom is 0.249 e. The summed E-state index contributed by atoms with van der Waals surface area (Å²) < 4.78 is 0. The van der Waals surface area contributed by atoms with E-state index in [0.29, 0.717) is 0 Å². The zero-order valence-corrected chi connectivity index (χ0v) is 8.53. The van der Waals surface area contributed by atoms with Gasteiger partial charge in [-0.25, -0.2) is 0 Å². The van der Waals surface area contributed by atoms with Crippen molar-refractivity contribution in [2.75, 3.05) is 0 Å². The Kier molecular flexibility index (Phi) is 5.57. The van der Waals surface area contributed by atoms with Crippen LogP contribution in [0, 0.1) is 0 Å². The standard InChI is InChI=1S/C8H14N2O6/c1-3(12)10-4(2-11)5(13)6(14)7(15)8(9)16/h2,4-7,13-15H,1H3,(H2,9,16)(H,10,12)/t4-,5+,6-,7-/m0/s1. The second kappa shape index (κ2) is 6.16. The lowest BCUT2D eigenvalue weighted by Crippen LogP contribution is -2.55. The van der Waals surface area contributed by atoms with Crippen LogP contribution in [0.1, 0.15) is 6.92 Å². The molecule has 0 fully saturated rings. The largest absolute Gasteiger partial charge is 0.388 e. The number of amides is 2. The van der Waals surface area contributed by atoms with Crippen LogP contribution >= 0.6 is 0 Å². The fourth-order valence-corrected chi connectivity index (χ4v) is 1.00. The van der Waals surface area contributed by atoms with Crippen LogP contribution in [0.25, 0.3) is 0 Å². The molecule has 2 amide bonds. The molecule has 0 saturated heterocycles. The maximum absolute atomic E-state index is 10.6. The van der Waals surface area contributed by atoms with Crippen LogP contribution in [0.15, 0.2) is 0 Å². The summed E-state index contributed by atoms with van der Waals surface area (Å²) in [6, 6.07) is -1.43. The molecule has 0 radical (unpaired) electrons. The van der Waals surface area contributed by atoms with E-state index >= 15 is 0 Å². The van der Waals surface area contributed by atoms with Crippen LogP contribution < -0.4 is 11.1 Å². The molecule has 16 heavy (non-hydrogen) atoms. The lowest BCUT2D eigenvalue weighted by Gasteiger charge is -2.25. The third-order valence-corrected chi connectivity index (χ3v) is 1.85. The molecule has 4 atom stereocenters. The van der Waals surface area contributed by atoms with E-state index in [9.17, 15) is 24.6 Å². The summed E-state index contributed by atoms with van der Waals surface area (Å²) in [6.45, 7) is 1.10. The number of nitrogens with one attached hydrogen (secondary N) is 1. The Labute approximate surface area is 91.1 Å². The number of carbonyl (C=O) groups is 3. The smallest absolute Gasteiger partial charge is 0.249 e. The highest BCUT2D eigenvalue weighted by molar-refractivity contribution is 5.80. The normalized spacial score (nSPS) is 18.0. The Bertz CT molecular complexity index is 282. The van der Waals surface area contributed by atoms with Crippen molar-refractivity contribution in [3.8, 4) is 0 Å². The zero-order valence-electron chi connectivity index (χ0n) is 8.53. The number of primary amides is 1. The monoisotopic (exact) mass is 234 g/mol. The van der Waals surface area contributed by atoms with Crippen LogP contribution in [-0.4, -0.2) is 57.8 Å². The van der Waals surface area contributed by atoms with Crippen molar-refractivity contribution in [1.29, 1.82) is 0 Å². The summed E-state index contributed by atoms with van der Waals surface area (Å²) in [5, 5.41) is 29.7. The zero-order chi connectivity index (χ0) is 12.9. The third kappa shape index (κ3) is 3.93. The van der Waals surface area contributed by atoms with Gasteiger partial charge < -0.3 is 31.2 Å². The maximum atomic E-state index is 10.6. The van der Waals surface area contributed by atoms with E-state index in [2.05, 4.69) is 5.73 Å². The van der Waals surface area contributed by atoms with E-state index in [4.69, 9.17) is 5.11 Å². The lowest BCUT2D eigenvalue weighted by atomic mass is 10.0. The van der Waals surface area contributed by atoms with E-state index in [1.165, 1.54) is 0 Å². The summed E-state index contributed by atoms with van der Waals surface area (Å²) in [4.78, 5) is 31.6. The molecule has 6 N–H and O–H groups in total. The van der Waals surface area contributed by atoms with Gasteiger partial charge in [0.2, 0.25) is 11.8 Å². The second-order valence-electron chi connectivity index (χ2n) is 3.19. The first-order chi connectivity index (χ1) is 7.31. The molecule has 0 aliphatic heterocycles. The minimum absolute atomic E-state index is 0.170. The molecule has 0 rings (SSSR count). The molecule has 92 valence electrons. The molecular weight excluding hydrogens is 220 g/mol. The summed E-state index contributed by atoms with van der Waals surface area (Å²) in [6.07, 6.45) is -5.64. The molecule has 8 heteroatoms. The SMILES string of the molecule is CC(=O)N[C@@H](C=O)[C@@H](O)[C@H](O)[C@H](O)C(N)=O. The van der Waals surface area contributed by atoms with Gasteiger partial charge in [-0.15, -0.1) is 0 Å². The quantitative estimate of drug-likeness (QED) is 0.298. The van der Waals surface area contributed by atoms with Crippen molar-refractivity contribution in [3.05, 3.63) is 0 Å². The van der Waals surface area contributed by atoms with Crippen LogP contribution in [0.5, 0.6) is 0 Å². The Morgan fingerprint density at radius 3 is 2.06 bits per heavy atom. The topological polar surface area (TPSA) is 150 Å². The highest BCUT2D eigenvalue weighted by Crippen LogP contribution is 2.03. The van der Waals surface area contributed by atoms with Crippen molar-refractivity contribution in [2.24, 2.45) is 5.73 Å². The molecule has 0 aromatic carbocycles. The first-order valence-electron chi connectivity index (χ1n) is 4.37. The van der Waals surface area contributed by atoms with Crippen molar-refractivity contribution in [1.82, 2.24) is 5.32 Å². The van der Waals surface area contributed by atoms with Crippen LogP contribution in [0.4, 0.5) is 0 Å². The number of carbonyl (C=O) groups excluding carboxylic acids is 3. The fourth-order valence-electron chi connectivity index (χ4n) is 1.00. The highest BCUT2D eigenvalue weighted by atomic mass is 16.4. The number of rotatable bonds is 6. The Morgan fingerprint density at radius 1 is 1.25 bits per heavy atom. The van der Waals surface area contributed by atoms with Gasteiger partial charge in [0.1, 0.15) is 24.5 Å². The van der Waals surface area contributed by atoms with Crippen molar-refractivity contribution in [3.63, 3.8) is 0 Å². The van der Waals surface area contributed by atoms with E-state index in [-0.39, 0.29) is 6.29 Å². The van der Waals surface area contributed by atoms with Crippen LogP contribution in [0.2, 0.25) is 0 Å². The molecular formula is C8H14N2O6. The minimum atomic E-state index is -2.02. The molecule has 0 aliphatic carbocycles. The third-order valence-electron chi connectivity index (χ3n) is 1.85. The molecule has 0 unspecified atom stereocenters. The second-order valence-corrected chi connectivity index (χ2v) is 3.19. The predicted molar refractivity (Wildman–Crippen MR) is 50.9 cm³/mol. The first-order valence-corrected chi connectivity index (χ1v) is 4.37. The summed E-state index contributed by atoms with van der Waals surface area (Å²) in [7, 11) is 0. The molecule has 0 aromatic rings. The van der Waals surface area contributed by atoms with Crippen molar-refractivity contribution >= 4 is 18.1 Å². The first kappa shape index (κ1) is 14.5. The van der Waals surface area contributed by atoms with Gasteiger partial charge in [-0.2, -0.15) is 0 Å². The molecule has 0 bridgehead atoms. The van der Waals surface area contributed by atoms with Gasteiger partial charge in [-0.1, -0.05) is 0 Å². The molecule has 8 nitrogen and oxygen atoms in total. The van der Waals surface area contributed by atoms with Gasteiger partial charge in [-0.05, 0) is 0 Å². The van der Waals surface area contributed by atoms with Gasteiger partial charge in [0.05, 0.1) is 0 Å². The lowest BCUT2D eigenvalue weighted by molar-refractivity contribution is -0.141. The summed E-state index contributed by atoms with van der Waals surface area (Å²) in [5.41, 5.74) is 4.68. The van der Waals surface area contributed by atoms with E-state index < -0.39 is 36.2 Å². The van der Waals surface area contributed by atoms with Gasteiger partial charge in [0.25, 0.3) is 0 Å². The summed E-state index contributed by atoms with van der Waals surface area (Å²) in [5.74, 6) is -1.86.